The second-order valence-electron chi connectivity index (χ2n) is 6.79. The van der Waals surface area contributed by atoms with Crippen molar-refractivity contribution in [3.63, 3.8) is 0 Å². The molecule has 0 amide bonds. The Labute approximate surface area is 125 Å². The van der Waals surface area contributed by atoms with Gasteiger partial charge in [0.2, 0.25) is 0 Å². The maximum absolute atomic E-state index is 6.12. The zero-order chi connectivity index (χ0) is 14.1. The van der Waals surface area contributed by atoms with E-state index in [0.29, 0.717) is 12.0 Å². The van der Waals surface area contributed by atoms with E-state index in [1.54, 1.807) is 0 Å². The van der Waals surface area contributed by atoms with Crippen molar-refractivity contribution in [3.05, 3.63) is 28.2 Å². The molecule has 0 saturated heterocycles. The van der Waals surface area contributed by atoms with Crippen molar-refractivity contribution in [1.82, 2.24) is 0 Å². The molecule has 106 valence electrons. The van der Waals surface area contributed by atoms with E-state index in [0.717, 1.165) is 17.3 Å². The lowest BCUT2D eigenvalue weighted by Gasteiger charge is -2.45. The molecule has 0 aromatic heterocycles. The van der Waals surface area contributed by atoms with Crippen LogP contribution in [0.25, 0.3) is 0 Å². The van der Waals surface area contributed by atoms with Crippen LogP contribution in [0.15, 0.2) is 22.7 Å². The van der Waals surface area contributed by atoms with Gasteiger partial charge in [-0.05, 0) is 65.2 Å². The van der Waals surface area contributed by atoms with Crippen molar-refractivity contribution < 1.29 is 0 Å². The molecule has 1 unspecified atom stereocenters. The van der Waals surface area contributed by atoms with Crippen LogP contribution in [0.3, 0.4) is 0 Å². The van der Waals surface area contributed by atoms with Gasteiger partial charge in [0.05, 0.1) is 5.54 Å². The summed E-state index contributed by atoms with van der Waals surface area (Å²) in [7, 11) is 0. The van der Waals surface area contributed by atoms with Crippen LogP contribution in [0, 0.1) is 12.3 Å². The highest BCUT2D eigenvalue weighted by Crippen LogP contribution is 2.43. The molecule has 0 bridgehead atoms. The number of hydrogen-bond donors (Lipinski definition) is 2. The second kappa shape index (κ2) is 5.45. The van der Waals surface area contributed by atoms with Crippen molar-refractivity contribution in [2.45, 2.75) is 52.0 Å². The minimum absolute atomic E-state index is 0.0397. The predicted octanol–water partition coefficient (Wildman–Crippen LogP) is 4.47. The highest BCUT2D eigenvalue weighted by molar-refractivity contribution is 9.10. The molecule has 19 heavy (non-hydrogen) atoms. The molecule has 0 spiro atoms. The molecule has 0 radical (unpaired) electrons. The van der Waals surface area contributed by atoms with Crippen LogP contribution < -0.4 is 11.1 Å². The zero-order valence-electron chi connectivity index (χ0n) is 12.2. The summed E-state index contributed by atoms with van der Waals surface area (Å²) in [5, 5.41) is 3.74. The summed E-state index contributed by atoms with van der Waals surface area (Å²) in [5.74, 6) is 0. The van der Waals surface area contributed by atoms with Gasteiger partial charge in [-0.2, -0.15) is 0 Å². The van der Waals surface area contributed by atoms with Gasteiger partial charge in [0.15, 0.2) is 0 Å². The number of rotatable bonds is 3. The molecule has 1 fully saturated rings. The Hall–Kier alpha value is -0.540. The Kier molecular flexibility index (Phi) is 4.26. The van der Waals surface area contributed by atoms with Crippen LogP contribution in [0.5, 0.6) is 0 Å². The van der Waals surface area contributed by atoms with E-state index in [4.69, 9.17) is 5.73 Å². The minimum atomic E-state index is 0.0397. The summed E-state index contributed by atoms with van der Waals surface area (Å²) in [6.45, 7) is 7.52. The molecule has 1 aliphatic rings. The van der Waals surface area contributed by atoms with Gasteiger partial charge in [0.1, 0.15) is 0 Å². The first-order chi connectivity index (χ1) is 8.86. The van der Waals surface area contributed by atoms with Crippen molar-refractivity contribution in [2.24, 2.45) is 11.1 Å². The van der Waals surface area contributed by atoms with Crippen molar-refractivity contribution in [2.75, 3.05) is 11.9 Å². The van der Waals surface area contributed by atoms with Crippen LogP contribution in [-0.4, -0.2) is 12.1 Å². The fourth-order valence-electron chi connectivity index (χ4n) is 3.35. The number of halogens is 1. The number of aryl methyl sites for hydroxylation is 1. The molecule has 1 aliphatic carbocycles. The minimum Gasteiger partial charge on any atom is -0.377 e. The van der Waals surface area contributed by atoms with E-state index >= 15 is 0 Å². The molecular formula is C16H25BrN2. The molecule has 1 aromatic rings. The average Bonchev–Trinajstić information content (AvgIpc) is 2.33. The van der Waals surface area contributed by atoms with Gasteiger partial charge in [-0.15, -0.1) is 0 Å². The van der Waals surface area contributed by atoms with E-state index in [2.05, 4.69) is 60.2 Å². The van der Waals surface area contributed by atoms with Crippen LogP contribution in [0.2, 0.25) is 0 Å². The lowest BCUT2D eigenvalue weighted by atomic mass is 9.68. The van der Waals surface area contributed by atoms with Gasteiger partial charge in [-0.1, -0.05) is 26.3 Å². The SMILES string of the molecule is Cc1ccc(Br)c(NC2(CN)CCCC(C)(C)C2)c1. The number of benzene rings is 1. The van der Waals surface area contributed by atoms with Gasteiger partial charge in [0, 0.05) is 16.7 Å². The van der Waals surface area contributed by atoms with Crippen LogP contribution in [0.4, 0.5) is 5.69 Å². The molecule has 2 nitrogen and oxygen atoms in total. The Morgan fingerprint density at radius 2 is 2.05 bits per heavy atom. The van der Waals surface area contributed by atoms with Crippen molar-refractivity contribution in [1.29, 1.82) is 0 Å². The second-order valence-corrected chi connectivity index (χ2v) is 7.64. The summed E-state index contributed by atoms with van der Waals surface area (Å²) < 4.78 is 1.12. The summed E-state index contributed by atoms with van der Waals surface area (Å²) in [5.41, 5.74) is 8.97. The first-order valence-electron chi connectivity index (χ1n) is 7.10. The van der Waals surface area contributed by atoms with E-state index in [1.807, 2.05) is 0 Å². The van der Waals surface area contributed by atoms with Crippen LogP contribution in [-0.2, 0) is 0 Å². The lowest BCUT2D eigenvalue weighted by Crippen LogP contribution is -2.51. The van der Waals surface area contributed by atoms with Gasteiger partial charge in [0.25, 0.3) is 0 Å². The van der Waals surface area contributed by atoms with Gasteiger partial charge < -0.3 is 11.1 Å². The smallest absolute Gasteiger partial charge is 0.0501 e. The third-order valence-corrected chi connectivity index (χ3v) is 4.93. The molecule has 0 heterocycles. The lowest BCUT2D eigenvalue weighted by molar-refractivity contribution is 0.170. The van der Waals surface area contributed by atoms with Gasteiger partial charge >= 0.3 is 0 Å². The first-order valence-corrected chi connectivity index (χ1v) is 7.90. The number of nitrogens with two attached hydrogens (primary N) is 1. The molecule has 3 heteroatoms. The number of nitrogens with one attached hydrogen (secondary N) is 1. The quantitative estimate of drug-likeness (QED) is 0.861. The average molecular weight is 325 g/mol. The molecule has 1 saturated carbocycles. The van der Waals surface area contributed by atoms with Gasteiger partial charge in [-0.3, -0.25) is 0 Å². The normalized spacial score (nSPS) is 26.2. The highest BCUT2D eigenvalue weighted by Gasteiger charge is 2.39. The third-order valence-electron chi connectivity index (χ3n) is 4.24. The van der Waals surface area contributed by atoms with E-state index in [-0.39, 0.29) is 5.54 Å². The Morgan fingerprint density at radius 1 is 1.32 bits per heavy atom. The van der Waals surface area contributed by atoms with E-state index in [1.165, 1.54) is 24.1 Å². The Bertz CT molecular complexity index is 456. The van der Waals surface area contributed by atoms with Gasteiger partial charge in [-0.25, -0.2) is 0 Å². The molecule has 3 N–H and O–H groups in total. The molecule has 0 aliphatic heterocycles. The maximum atomic E-state index is 6.12. The number of anilines is 1. The Balaban J connectivity index is 2.25. The largest absolute Gasteiger partial charge is 0.377 e. The molecule has 1 atom stereocenters. The first kappa shape index (κ1) is 14.9. The van der Waals surface area contributed by atoms with E-state index < -0.39 is 0 Å². The van der Waals surface area contributed by atoms with Crippen LogP contribution >= 0.6 is 15.9 Å². The van der Waals surface area contributed by atoms with E-state index in [9.17, 15) is 0 Å². The third kappa shape index (κ3) is 3.51. The van der Waals surface area contributed by atoms with Crippen molar-refractivity contribution >= 4 is 21.6 Å². The van der Waals surface area contributed by atoms with Crippen molar-refractivity contribution in [3.8, 4) is 0 Å². The summed E-state index contributed by atoms with van der Waals surface area (Å²) in [4.78, 5) is 0. The molecular weight excluding hydrogens is 300 g/mol. The zero-order valence-corrected chi connectivity index (χ0v) is 13.8. The monoisotopic (exact) mass is 324 g/mol. The number of hydrogen-bond acceptors (Lipinski definition) is 2. The fourth-order valence-corrected chi connectivity index (χ4v) is 3.70. The summed E-state index contributed by atoms with van der Waals surface area (Å²) >= 11 is 3.64. The fraction of sp³-hybridized carbons (Fsp3) is 0.625. The topological polar surface area (TPSA) is 38.0 Å². The highest BCUT2D eigenvalue weighted by atomic mass is 79.9. The Morgan fingerprint density at radius 3 is 2.68 bits per heavy atom. The molecule has 1 aromatic carbocycles. The predicted molar refractivity (Wildman–Crippen MR) is 86.5 cm³/mol. The standard InChI is InChI=1S/C16H25BrN2/c1-12-5-6-13(17)14(9-12)19-16(11-18)8-4-7-15(2,3)10-16/h5-6,9,19H,4,7-8,10-11,18H2,1-3H3. The maximum Gasteiger partial charge on any atom is 0.0501 e. The summed E-state index contributed by atoms with van der Waals surface area (Å²) in [6, 6.07) is 6.42. The summed E-state index contributed by atoms with van der Waals surface area (Å²) in [6.07, 6.45) is 4.84. The molecule has 2 rings (SSSR count). The van der Waals surface area contributed by atoms with Crippen LogP contribution in [0.1, 0.15) is 45.1 Å².